The number of hydrogen-bond donors (Lipinski definition) is 1. The Kier molecular flexibility index (Phi) is 7.94. The minimum Gasteiger partial charge on any atom is -0.490 e. The van der Waals surface area contributed by atoms with E-state index in [4.69, 9.17) is 9.47 Å². The molecule has 0 aromatic heterocycles. The summed E-state index contributed by atoms with van der Waals surface area (Å²) in [6.07, 6.45) is 2.32. The summed E-state index contributed by atoms with van der Waals surface area (Å²) in [6, 6.07) is 8.95. The maximum Gasteiger partial charge on any atom is 0.271 e. The fraction of sp³-hybridized carbons (Fsp3) is 0.263. The SMILES string of the molecule is CCCOc1cc(Br)c(C=NNC(=O)c2cccc([N+](=O)[O-])c2)cc1OCC. The van der Waals surface area contributed by atoms with Crippen LogP contribution in [-0.2, 0) is 0 Å². The predicted molar refractivity (Wildman–Crippen MR) is 109 cm³/mol. The van der Waals surface area contributed by atoms with Gasteiger partial charge in [-0.05, 0) is 47.5 Å². The van der Waals surface area contributed by atoms with Crippen LogP contribution in [0, 0.1) is 10.1 Å². The van der Waals surface area contributed by atoms with Crippen LogP contribution in [0.3, 0.4) is 0 Å². The lowest BCUT2D eigenvalue weighted by molar-refractivity contribution is -0.384. The highest BCUT2D eigenvalue weighted by Gasteiger charge is 2.12. The quantitative estimate of drug-likeness (QED) is 0.349. The van der Waals surface area contributed by atoms with Gasteiger partial charge >= 0.3 is 0 Å². The van der Waals surface area contributed by atoms with Gasteiger partial charge in [-0.25, -0.2) is 5.43 Å². The Morgan fingerprint density at radius 1 is 1.25 bits per heavy atom. The third-order valence-electron chi connectivity index (χ3n) is 3.51. The topological polar surface area (TPSA) is 103 Å². The van der Waals surface area contributed by atoms with Crippen molar-refractivity contribution in [2.24, 2.45) is 5.10 Å². The van der Waals surface area contributed by atoms with Gasteiger partial charge in [0.2, 0.25) is 0 Å². The van der Waals surface area contributed by atoms with Crippen molar-refractivity contribution < 1.29 is 19.2 Å². The van der Waals surface area contributed by atoms with Gasteiger partial charge in [0.15, 0.2) is 11.5 Å². The van der Waals surface area contributed by atoms with E-state index < -0.39 is 10.8 Å². The molecule has 8 nitrogen and oxygen atoms in total. The van der Waals surface area contributed by atoms with Crippen LogP contribution in [0.2, 0.25) is 0 Å². The molecule has 0 radical (unpaired) electrons. The number of hydrazone groups is 1. The van der Waals surface area contributed by atoms with Gasteiger partial charge in [-0.2, -0.15) is 5.10 Å². The second-order valence-corrected chi connectivity index (χ2v) is 6.46. The van der Waals surface area contributed by atoms with Crippen LogP contribution in [0.4, 0.5) is 5.69 Å². The molecule has 0 aliphatic rings. The maximum atomic E-state index is 12.1. The molecule has 9 heteroatoms. The number of carbonyl (C=O) groups excluding carboxylic acids is 1. The molecule has 2 aromatic carbocycles. The van der Waals surface area contributed by atoms with Crippen LogP contribution >= 0.6 is 15.9 Å². The molecular formula is C19H20BrN3O5. The Labute approximate surface area is 170 Å². The molecular weight excluding hydrogens is 430 g/mol. The normalized spacial score (nSPS) is 10.7. The third-order valence-corrected chi connectivity index (χ3v) is 4.20. The van der Waals surface area contributed by atoms with Gasteiger partial charge in [0.05, 0.1) is 24.4 Å². The van der Waals surface area contributed by atoms with E-state index in [9.17, 15) is 14.9 Å². The van der Waals surface area contributed by atoms with Crippen LogP contribution in [0.25, 0.3) is 0 Å². The highest BCUT2D eigenvalue weighted by atomic mass is 79.9. The molecule has 28 heavy (non-hydrogen) atoms. The number of amides is 1. The fourth-order valence-corrected chi connectivity index (χ4v) is 2.65. The Hall–Kier alpha value is -2.94. The van der Waals surface area contributed by atoms with Crippen molar-refractivity contribution in [3.63, 3.8) is 0 Å². The van der Waals surface area contributed by atoms with Crippen molar-refractivity contribution in [1.29, 1.82) is 0 Å². The summed E-state index contributed by atoms with van der Waals surface area (Å²) in [5.74, 6) is 0.642. The molecule has 148 valence electrons. The number of ether oxygens (including phenoxy) is 2. The van der Waals surface area contributed by atoms with Crippen LogP contribution < -0.4 is 14.9 Å². The highest BCUT2D eigenvalue weighted by Crippen LogP contribution is 2.33. The number of hydrogen-bond acceptors (Lipinski definition) is 6. The van der Waals surface area contributed by atoms with E-state index >= 15 is 0 Å². The van der Waals surface area contributed by atoms with E-state index in [-0.39, 0.29) is 11.3 Å². The zero-order chi connectivity index (χ0) is 20.5. The lowest BCUT2D eigenvalue weighted by Gasteiger charge is -2.13. The van der Waals surface area contributed by atoms with Gasteiger partial charge < -0.3 is 9.47 Å². The van der Waals surface area contributed by atoms with Crippen LogP contribution in [0.1, 0.15) is 36.2 Å². The molecule has 0 unspecified atom stereocenters. The van der Waals surface area contributed by atoms with Gasteiger partial charge in [0, 0.05) is 27.7 Å². The van der Waals surface area contributed by atoms with Crippen molar-refractivity contribution in [2.75, 3.05) is 13.2 Å². The third kappa shape index (κ3) is 5.78. The van der Waals surface area contributed by atoms with E-state index in [0.717, 1.165) is 10.9 Å². The molecule has 2 aromatic rings. The largest absolute Gasteiger partial charge is 0.490 e. The van der Waals surface area contributed by atoms with E-state index in [0.29, 0.717) is 30.3 Å². The summed E-state index contributed by atoms with van der Waals surface area (Å²) in [7, 11) is 0. The van der Waals surface area contributed by atoms with Crippen molar-refractivity contribution in [3.05, 3.63) is 62.1 Å². The Morgan fingerprint density at radius 2 is 2.00 bits per heavy atom. The maximum absolute atomic E-state index is 12.1. The van der Waals surface area contributed by atoms with Crippen molar-refractivity contribution >= 4 is 33.7 Å². The summed E-state index contributed by atoms with van der Waals surface area (Å²) in [5.41, 5.74) is 3.01. The van der Waals surface area contributed by atoms with Gasteiger partial charge in [-0.3, -0.25) is 14.9 Å². The van der Waals surface area contributed by atoms with Crippen LogP contribution in [0.15, 0.2) is 46.0 Å². The van der Waals surface area contributed by atoms with Crippen LogP contribution in [-0.4, -0.2) is 30.3 Å². The van der Waals surface area contributed by atoms with Crippen molar-refractivity contribution in [3.8, 4) is 11.5 Å². The zero-order valence-electron chi connectivity index (χ0n) is 15.5. The molecule has 1 N–H and O–H groups in total. The van der Waals surface area contributed by atoms with Gasteiger partial charge in [-0.15, -0.1) is 0 Å². The average molecular weight is 450 g/mol. The van der Waals surface area contributed by atoms with E-state index in [1.807, 2.05) is 13.8 Å². The number of non-ortho nitro benzene ring substituents is 1. The number of carbonyl (C=O) groups is 1. The fourth-order valence-electron chi connectivity index (χ4n) is 2.23. The summed E-state index contributed by atoms with van der Waals surface area (Å²) in [5, 5.41) is 14.7. The molecule has 0 aliphatic heterocycles. The zero-order valence-corrected chi connectivity index (χ0v) is 17.1. The molecule has 0 spiro atoms. The molecule has 1 amide bonds. The molecule has 2 rings (SSSR count). The molecule has 0 bridgehead atoms. The first kappa shape index (κ1) is 21.4. The molecule has 0 atom stereocenters. The molecule has 0 fully saturated rings. The van der Waals surface area contributed by atoms with Crippen molar-refractivity contribution in [2.45, 2.75) is 20.3 Å². The predicted octanol–water partition coefficient (Wildman–Crippen LogP) is 4.31. The average Bonchev–Trinajstić information content (AvgIpc) is 2.69. The Morgan fingerprint density at radius 3 is 2.68 bits per heavy atom. The lowest BCUT2D eigenvalue weighted by Crippen LogP contribution is -2.17. The molecule has 0 saturated carbocycles. The number of nitro benzene ring substituents is 1. The molecule has 0 aliphatic carbocycles. The van der Waals surface area contributed by atoms with E-state index in [1.54, 1.807) is 12.1 Å². The van der Waals surface area contributed by atoms with Crippen LogP contribution in [0.5, 0.6) is 11.5 Å². The summed E-state index contributed by atoms with van der Waals surface area (Å²) in [6.45, 7) is 4.93. The van der Waals surface area contributed by atoms with Crippen molar-refractivity contribution in [1.82, 2.24) is 5.43 Å². The van der Waals surface area contributed by atoms with E-state index in [2.05, 4.69) is 26.5 Å². The number of benzene rings is 2. The minimum atomic E-state index is -0.561. The Balaban J connectivity index is 2.14. The number of nitrogens with zero attached hydrogens (tertiary/aromatic N) is 2. The second kappa shape index (κ2) is 10.4. The summed E-state index contributed by atoms with van der Waals surface area (Å²) >= 11 is 3.45. The molecule has 0 saturated heterocycles. The summed E-state index contributed by atoms with van der Waals surface area (Å²) < 4.78 is 12.0. The first-order chi connectivity index (χ1) is 13.5. The number of nitro groups is 1. The first-order valence-electron chi connectivity index (χ1n) is 8.63. The smallest absolute Gasteiger partial charge is 0.271 e. The van der Waals surface area contributed by atoms with Gasteiger partial charge in [-0.1, -0.05) is 13.0 Å². The van der Waals surface area contributed by atoms with E-state index in [1.165, 1.54) is 30.5 Å². The van der Waals surface area contributed by atoms with Gasteiger partial charge in [0.1, 0.15) is 0 Å². The minimum absolute atomic E-state index is 0.142. The lowest BCUT2D eigenvalue weighted by atomic mass is 10.2. The Bertz CT molecular complexity index is 886. The van der Waals surface area contributed by atoms with Gasteiger partial charge in [0.25, 0.3) is 11.6 Å². The number of rotatable bonds is 9. The number of halogens is 1. The second-order valence-electron chi connectivity index (χ2n) is 5.61. The standard InChI is InChI=1S/C19H20BrN3O5/c1-3-8-28-18-11-16(20)14(10-17(18)27-4-2)12-21-22-19(24)13-6-5-7-15(9-13)23(25)26/h5-7,9-12H,3-4,8H2,1-2H3,(H,22,24). The highest BCUT2D eigenvalue weighted by molar-refractivity contribution is 9.10. The molecule has 0 heterocycles. The summed E-state index contributed by atoms with van der Waals surface area (Å²) in [4.78, 5) is 22.4. The monoisotopic (exact) mass is 449 g/mol. The first-order valence-corrected chi connectivity index (χ1v) is 9.42. The number of nitrogens with one attached hydrogen (secondary N) is 1.